The van der Waals surface area contributed by atoms with Gasteiger partial charge in [-0.05, 0) is 51.3 Å². The second kappa shape index (κ2) is 3.31. The Hall–Kier alpha value is -0.540. The van der Waals surface area contributed by atoms with Crippen molar-refractivity contribution in [3.63, 3.8) is 0 Å². The summed E-state index contributed by atoms with van der Waals surface area (Å²) in [6.45, 7) is 2.10. The highest BCUT2D eigenvalue weighted by Gasteiger charge is 2.08. The molecule has 0 spiro atoms. The summed E-state index contributed by atoms with van der Waals surface area (Å²) in [5.74, 6) is 0.906. The molecule has 13 heavy (non-hydrogen) atoms. The normalized spacial score (nSPS) is 10.7. The maximum absolute atomic E-state index is 5.26. The molecule has 0 fully saturated rings. The molecule has 0 aliphatic heterocycles. The van der Waals surface area contributed by atoms with Gasteiger partial charge in [-0.25, -0.2) is 0 Å². The average Bonchev–Trinajstić information content (AvgIpc) is 2.59. The third-order valence-electron chi connectivity index (χ3n) is 2.09. The van der Waals surface area contributed by atoms with E-state index in [1.54, 1.807) is 18.4 Å². The quantitative estimate of drug-likeness (QED) is 0.750. The highest BCUT2D eigenvalue weighted by Crippen LogP contribution is 2.36. The van der Waals surface area contributed by atoms with Gasteiger partial charge in [0.15, 0.2) is 0 Å². The lowest BCUT2D eigenvalue weighted by atomic mass is 10.2. The van der Waals surface area contributed by atoms with Crippen LogP contribution in [0.5, 0.6) is 5.75 Å². The summed E-state index contributed by atoms with van der Waals surface area (Å²) in [7, 11) is 1.69. The molecule has 1 heterocycles. The van der Waals surface area contributed by atoms with Crippen LogP contribution in [0.2, 0.25) is 0 Å². The molecule has 0 radical (unpaired) electrons. The van der Waals surface area contributed by atoms with Crippen molar-refractivity contribution in [1.82, 2.24) is 0 Å². The van der Waals surface area contributed by atoms with E-state index in [9.17, 15) is 0 Å². The molecule has 1 aromatic heterocycles. The highest BCUT2D eigenvalue weighted by molar-refractivity contribution is 9.10. The maximum atomic E-state index is 5.26. The van der Waals surface area contributed by atoms with Crippen LogP contribution in [0, 0.1) is 6.92 Å². The summed E-state index contributed by atoms with van der Waals surface area (Å²) in [6.07, 6.45) is 0. The topological polar surface area (TPSA) is 9.23 Å². The summed E-state index contributed by atoms with van der Waals surface area (Å²) in [4.78, 5) is 0. The zero-order chi connectivity index (χ0) is 9.42. The molecule has 1 nitrogen and oxygen atoms in total. The lowest BCUT2D eigenvalue weighted by Gasteiger charge is -2.06. The van der Waals surface area contributed by atoms with Crippen LogP contribution < -0.4 is 4.74 Å². The molecule has 0 amide bonds. The van der Waals surface area contributed by atoms with Gasteiger partial charge in [-0.3, -0.25) is 0 Å². The third-order valence-corrected chi connectivity index (χ3v) is 4.12. The first-order valence-electron chi connectivity index (χ1n) is 3.94. The molecule has 0 saturated carbocycles. The second-order valence-corrected chi connectivity index (χ2v) is 4.57. The molecule has 68 valence electrons. The summed E-state index contributed by atoms with van der Waals surface area (Å²) in [5.41, 5.74) is 1.25. The number of thiophene rings is 1. The van der Waals surface area contributed by atoms with Crippen LogP contribution in [0.15, 0.2) is 22.0 Å². The molecule has 0 N–H and O–H groups in total. The molecule has 0 aliphatic rings. The van der Waals surface area contributed by atoms with Crippen LogP contribution in [-0.4, -0.2) is 7.11 Å². The number of methoxy groups -OCH3 is 1. The SMILES string of the molecule is COc1cc2ccsc2c(C)c1Br. The predicted molar refractivity (Wildman–Crippen MR) is 60.8 cm³/mol. The zero-order valence-corrected chi connectivity index (χ0v) is 9.83. The van der Waals surface area contributed by atoms with E-state index in [0.717, 1.165) is 10.2 Å². The Morgan fingerprint density at radius 2 is 2.23 bits per heavy atom. The van der Waals surface area contributed by atoms with Crippen molar-refractivity contribution in [2.24, 2.45) is 0 Å². The first-order valence-corrected chi connectivity index (χ1v) is 5.61. The van der Waals surface area contributed by atoms with E-state index in [2.05, 4.69) is 40.4 Å². The van der Waals surface area contributed by atoms with Gasteiger partial charge >= 0.3 is 0 Å². The minimum atomic E-state index is 0.906. The molecule has 1 aromatic carbocycles. The lowest BCUT2D eigenvalue weighted by Crippen LogP contribution is -1.86. The van der Waals surface area contributed by atoms with Gasteiger partial charge in [-0.15, -0.1) is 11.3 Å². The van der Waals surface area contributed by atoms with Crippen molar-refractivity contribution in [3.05, 3.63) is 27.5 Å². The van der Waals surface area contributed by atoms with Crippen LogP contribution in [0.25, 0.3) is 10.1 Å². The predicted octanol–water partition coefficient (Wildman–Crippen LogP) is 3.98. The van der Waals surface area contributed by atoms with Gasteiger partial charge in [0, 0.05) is 4.70 Å². The first kappa shape index (κ1) is 9.03. The van der Waals surface area contributed by atoms with Crippen LogP contribution in [-0.2, 0) is 0 Å². The minimum Gasteiger partial charge on any atom is -0.496 e. The van der Waals surface area contributed by atoms with E-state index >= 15 is 0 Å². The van der Waals surface area contributed by atoms with Gasteiger partial charge in [0.25, 0.3) is 0 Å². The summed E-state index contributed by atoms with van der Waals surface area (Å²) in [6, 6.07) is 4.17. The Bertz CT molecular complexity index is 447. The van der Waals surface area contributed by atoms with Crippen LogP contribution in [0.3, 0.4) is 0 Å². The molecule has 2 rings (SSSR count). The van der Waals surface area contributed by atoms with E-state index in [4.69, 9.17) is 4.74 Å². The largest absolute Gasteiger partial charge is 0.496 e. The van der Waals surface area contributed by atoms with Gasteiger partial charge in [0.05, 0.1) is 11.6 Å². The van der Waals surface area contributed by atoms with E-state index in [1.165, 1.54) is 15.6 Å². The Morgan fingerprint density at radius 3 is 2.92 bits per heavy atom. The Labute approximate surface area is 89.5 Å². The molecule has 0 bridgehead atoms. The number of rotatable bonds is 1. The van der Waals surface area contributed by atoms with Crippen molar-refractivity contribution >= 4 is 37.4 Å². The molecule has 0 atom stereocenters. The molecular weight excluding hydrogens is 248 g/mol. The van der Waals surface area contributed by atoms with Crippen LogP contribution in [0.4, 0.5) is 0 Å². The molecule has 0 aliphatic carbocycles. The zero-order valence-electron chi connectivity index (χ0n) is 7.43. The number of hydrogen-bond acceptors (Lipinski definition) is 2. The fraction of sp³-hybridized carbons (Fsp3) is 0.200. The fourth-order valence-corrected chi connectivity index (χ4v) is 2.87. The average molecular weight is 257 g/mol. The number of hydrogen-bond donors (Lipinski definition) is 0. The number of ether oxygens (including phenoxy) is 1. The summed E-state index contributed by atoms with van der Waals surface area (Å²) in [5, 5.41) is 3.35. The molecular formula is C10H9BrOS. The Morgan fingerprint density at radius 1 is 1.46 bits per heavy atom. The van der Waals surface area contributed by atoms with Crippen molar-refractivity contribution in [1.29, 1.82) is 0 Å². The number of aryl methyl sites for hydroxylation is 1. The highest BCUT2D eigenvalue weighted by atomic mass is 79.9. The van der Waals surface area contributed by atoms with Crippen LogP contribution in [0.1, 0.15) is 5.56 Å². The van der Waals surface area contributed by atoms with Crippen molar-refractivity contribution < 1.29 is 4.74 Å². The molecule has 2 aromatic rings. The van der Waals surface area contributed by atoms with E-state index in [1.807, 2.05) is 0 Å². The summed E-state index contributed by atoms with van der Waals surface area (Å²) >= 11 is 5.29. The molecule has 0 unspecified atom stereocenters. The van der Waals surface area contributed by atoms with Gasteiger partial charge in [-0.2, -0.15) is 0 Å². The van der Waals surface area contributed by atoms with E-state index in [-0.39, 0.29) is 0 Å². The van der Waals surface area contributed by atoms with Crippen molar-refractivity contribution in [2.45, 2.75) is 6.92 Å². The lowest BCUT2D eigenvalue weighted by molar-refractivity contribution is 0.412. The fourth-order valence-electron chi connectivity index (χ4n) is 1.38. The van der Waals surface area contributed by atoms with Crippen molar-refractivity contribution in [3.8, 4) is 5.75 Å². The van der Waals surface area contributed by atoms with Gasteiger partial charge in [-0.1, -0.05) is 0 Å². The third kappa shape index (κ3) is 1.36. The van der Waals surface area contributed by atoms with Gasteiger partial charge in [0.2, 0.25) is 0 Å². The number of halogens is 1. The van der Waals surface area contributed by atoms with Crippen molar-refractivity contribution in [2.75, 3.05) is 7.11 Å². The number of fused-ring (bicyclic) bond motifs is 1. The summed E-state index contributed by atoms with van der Waals surface area (Å²) < 4.78 is 7.65. The standard InChI is InChI=1S/C10H9BrOS/c1-6-9(11)8(12-2)5-7-3-4-13-10(6)7/h3-5H,1-2H3. The van der Waals surface area contributed by atoms with E-state index < -0.39 is 0 Å². The van der Waals surface area contributed by atoms with Gasteiger partial charge in [0.1, 0.15) is 5.75 Å². The van der Waals surface area contributed by atoms with E-state index in [0.29, 0.717) is 0 Å². The smallest absolute Gasteiger partial charge is 0.134 e. The first-order chi connectivity index (χ1) is 6.24. The number of benzene rings is 1. The monoisotopic (exact) mass is 256 g/mol. The molecule has 0 saturated heterocycles. The van der Waals surface area contributed by atoms with Gasteiger partial charge < -0.3 is 4.74 Å². The molecule has 3 heteroatoms. The maximum Gasteiger partial charge on any atom is 0.134 e. The van der Waals surface area contributed by atoms with Crippen LogP contribution >= 0.6 is 27.3 Å². The second-order valence-electron chi connectivity index (χ2n) is 2.86. The minimum absolute atomic E-state index is 0.906. The Balaban J connectivity index is 2.83. The Kier molecular flexibility index (Phi) is 2.30.